The molecule has 1 rings (SSSR count). The van der Waals surface area contributed by atoms with Crippen LogP contribution >= 0.6 is 0 Å². The Morgan fingerprint density at radius 2 is 2.15 bits per heavy atom. The molecule has 1 unspecified atom stereocenters. The summed E-state index contributed by atoms with van der Waals surface area (Å²) in [5.74, 6) is 0. The van der Waals surface area contributed by atoms with E-state index in [-0.39, 0.29) is 6.04 Å². The molecule has 0 heterocycles. The van der Waals surface area contributed by atoms with E-state index >= 15 is 0 Å². The third kappa shape index (κ3) is 4.27. The highest BCUT2D eigenvalue weighted by Gasteiger charge is 2.14. The Labute approximate surface area is 79.8 Å². The van der Waals surface area contributed by atoms with Gasteiger partial charge < -0.3 is 10.1 Å². The molecule has 76 valence electrons. The predicted octanol–water partition coefficient (Wildman–Crippen LogP) is 1.47. The van der Waals surface area contributed by atoms with E-state index < -0.39 is 0 Å². The fraction of sp³-hybridized carbons (Fsp3) is 0.900. The Balaban J connectivity index is 2.06. The van der Waals surface area contributed by atoms with Crippen molar-refractivity contribution in [1.82, 2.24) is 5.32 Å². The monoisotopic (exact) mass is 185 g/mol. The third-order valence-corrected chi connectivity index (χ3v) is 2.49. The molecule has 0 spiro atoms. The number of hydrogen-bond donors (Lipinski definition) is 1. The Morgan fingerprint density at radius 1 is 1.46 bits per heavy atom. The standard InChI is InChI=1S/C10H19NO2/c1-9(11-8-12)7-13-10-5-3-2-4-6-10/h8-10H,2-7H2,1H3,(H,11,12). The molecule has 1 aliphatic rings. The lowest BCUT2D eigenvalue weighted by molar-refractivity contribution is -0.110. The van der Waals surface area contributed by atoms with E-state index in [1.165, 1.54) is 32.1 Å². The molecule has 1 N–H and O–H groups in total. The smallest absolute Gasteiger partial charge is 0.207 e. The summed E-state index contributed by atoms with van der Waals surface area (Å²) in [5, 5.41) is 2.68. The van der Waals surface area contributed by atoms with Crippen molar-refractivity contribution >= 4 is 6.41 Å². The fourth-order valence-corrected chi connectivity index (χ4v) is 1.68. The van der Waals surface area contributed by atoms with Crippen LogP contribution in [0.4, 0.5) is 0 Å². The molecule has 1 atom stereocenters. The van der Waals surface area contributed by atoms with Crippen LogP contribution < -0.4 is 5.32 Å². The number of amides is 1. The molecule has 1 saturated carbocycles. The number of hydrogen-bond acceptors (Lipinski definition) is 2. The summed E-state index contributed by atoms with van der Waals surface area (Å²) < 4.78 is 5.68. The fourth-order valence-electron chi connectivity index (χ4n) is 1.68. The largest absolute Gasteiger partial charge is 0.376 e. The maximum Gasteiger partial charge on any atom is 0.207 e. The minimum atomic E-state index is 0.138. The van der Waals surface area contributed by atoms with Crippen molar-refractivity contribution in [3.05, 3.63) is 0 Å². The van der Waals surface area contributed by atoms with E-state index in [0.29, 0.717) is 12.7 Å². The minimum absolute atomic E-state index is 0.138. The number of carbonyl (C=O) groups is 1. The second-order valence-electron chi connectivity index (χ2n) is 3.78. The maximum atomic E-state index is 10.1. The van der Waals surface area contributed by atoms with Gasteiger partial charge in [0.1, 0.15) is 0 Å². The van der Waals surface area contributed by atoms with Gasteiger partial charge in [0.05, 0.1) is 12.7 Å². The summed E-state index contributed by atoms with van der Waals surface area (Å²) >= 11 is 0. The highest BCUT2D eigenvalue weighted by molar-refractivity contribution is 5.46. The molecule has 13 heavy (non-hydrogen) atoms. The van der Waals surface area contributed by atoms with Gasteiger partial charge in [0, 0.05) is 6.04 Å². The van der Waals surface area contributed by atoms with Crippen molar-refractivity contribution in [2.24, 2.45) is 0 Å². The van der Waals surface area contributed by atoms with E-state index in [9.17, 15) is 4.79 Å². The van der Waals surface area contributed by atoms with Gasteiger partial charge in [-0.1, -0.05) is 19.3 Å². The zero-order chi connectivity index (χ0) is 9.52. The van der Waals surface area contributed by atoms with Crippen molar-refractivity contribution < 1.29 is 9.53 Å². The SMILES string of the molecule is CC(COC1CCCCC1)NC=O. The molecule has 0 aliphatic heterocycles. The van der Waals surface area contributed by atoms with Crippen LogP contribution in [0.5, 0.6) is 0 Å². The molecular weight excluding hydrogens is 166 g/mol. The van der Waals surface area contributed by atoms with Gasteiger partial charge in [0.25, 0.3) is 0 Å². The van der Waals surface area contributed by atoms with E-state index in [4.69, 9.17) is 4.74 Å². The zero-order valence-electron chi connectivity index (χ0n) is 8.29. The van der Waals surface area contributed by atoms with Gasteiger partial charge >= 0.3 is 0 Å². The number of nitrogens with one attached hydrogen (secondary N) is 1. The highest BCUT2D eigenvalue weighted by atomic mass is 16.5. The van der Waals surface area contributed by atoms with Crippen LogP contribution in [0, 0.1) is 0 Å². The van der Waals surface area contributed by atoms with E-state index in [1.807, 2.05) is 6.92 Å². The molecule has 0 aromatic rings. The van der Waals surface area contributed by atoms with Crippen LogP contribution in [0.25, 0.3) is 0 Å². The maximum absolute atomic E-state index is 10.1. The van der Waals surface area contributed by atoms with Crippen LogP contribution in [-0.2, 0) is 9.53 Å². The van der Waals surface area contributed by atoms with E-state index in [1.54, 1.807) is 0 Å². The van der Waals surface area contributed by atoms with Crippen LogP contribution in [-0.4, -0.2) is 25.2 Å². The molecule has 3 heteroatoms. The number of ether oxygens (including phenoxy) is 1. The number of rotatable bonds is 5. The normalized spacial score (nSPS) is 21.0. The molecule has 0 saturated heterocycles. The van der Waals surface area contributed by atoms with Gasteiger partial charge in [-0.2, -0.15) is 0 Å². The van der Waals surface area contributed by atoms with Gasteiger partial charge in [0.15, 0.2) is 0 Å². The van der Waals surface area contributed by atoms with Crippen LogP contribution in [0.2, 0.25) is 0 Å². The summed E-state index contributed by atoms with van der Waals surface area (Å²) in [6.45, 7) is 2.60. The van der Waals surface area contributed by atoms with Crippen molar-refractivity contribution in [3.8, 4) is 0 Å². The lowest BCUT2D eigenvalue weighted by Gasteiger charge is -2.23. The van der Waals surface area contributed by atoms with Crippen LogP contribution in [0.15, 0.2) is 0 Å². The molecule has 1 fully saturated rings. The van der Waals surface area contributed by atoms with Gasteiger partial charge in [-0.3, -0.25) is 4.79 Å². The summed E-state index contributed by atoms with van der Waals surface area (Å²) in [6.07, 6.45) is 7.48. The molecule has 3 nitrogen and oxygen atoms in total. The van der Waals surface area contributed by atoms with Gasteiger partial charge in [0.2, 0.25) is 6.41 Å². The Morgan fingerprint density at radius 3 is 2.77 bits per heavy atom. The molecule has 1 aliphatic carbocycles. The first kappa shape index (κ1) is 10.5. The van der Waals surface area contributed by atoms with E-state index in [2.05, 4.69) is 5.32 Å². The summed E-state index contributed by atoms with van der Waals surface area (Å²) in [7, 11) is 0. The Kier molecular flexibility index (Phi) is 4.83. The van der Waals surface area contributed by atoms with Crippen molar-refractivity contribution in [2.75, 3.05) is 6.61 Å². The topological polar surface area (TPSA) is 38.3 Å². The minimum Gasteiger partial charge on any atom is -0.376 e. The molecule has 0 aromatic carbocycles. The average Bonchev–Trinajstić information content (AvgIpc) is 2.17. The summed E-state index contributed by atoms with van der Waals surface area (Å²) in [4.78, 5) is 10.1. The molecular formula is C10H19NO2. The molecule has 1 amide bonds. The van der Waals surface area contributed by atoms with Gasteiger partial charge in [-0.05, 0) is 19.8 Å². The first-order chi connectivity index (χ1) is 6.33. The van der Waals surface area contributed by atoms with Crippen molar-refractivity contribution in [3.63, 3.8) is 0 Å². The predicted molar refractivity (Wildman–Crippen MR) is 51.5 cm³/mol. The summed E-state index contributed by atoms with van der Waals surface area (Å²) in [6, 6.07) is 0.138. The average molecular weight is 185 g/mol. The zero-order valence-corrected chi connectivity index (χ0v) is 8.29. The second-order valence-corrected chi connectivity index (χ2v) is 3.78. The number of carbonyl (C=O) groups excluding carboxylic acids is 1. The van der Waals surface area contributed by atoms with Crippen LogP contribution in [0.1, 0.15) is 39.0 Å². The first-order valence-corrected chi connectivity index (χ1v) is 5.14. The van der Waals surface area contributed by atoms with Crippen molar-refractivity contribution in [1.29, 1.82) is 0 Å². The van der Waals surface area contributed by atoms with Crippen LogP contribution in [0.3, 0.4) is 0 Å². The second kappa shape index (κ2) is 5.97. The van der Waals surface area contributed by atoms with E-state index in [0.717, 1.165) is 6.41 Å². The lowest BCUT2D eigenvalue weighted by Crippen LogP contribution is -2.31. The highest BCUT2D eigenvalue weighted by Crippen LogP contribution is 2.20. The summed E-state index contributed by atoms with van der Waals surface area (Å²) in [5.41, 5.74) is 0. The first-order valence-electron chi connectivity index (χ1n) is 5.14. The lowest BCUT2D eigenvalue weighted by atomic mass is 9.98. The third-order valence-electron chi connectivity index (χ3n) is 2.49. The van der Waals surface area contributed by atoms with Crippen molar-refractivity contribution in [2.45, 2.75) is 51.2 Å². The Bertz CT molecular complexity index is 144. The molecule has 0 aromatic heterocycles. The molecule has 0 bridgehead atoms. The quantitative estimate of drug-likeness (QED) is 0.659. The van der Waals surface area contributed by atoms with Gasteiger partial charge in [-0.15, -0.1) is 0 Å². The Hall–Kier alpha value is -0.570. The molecule has 0 radical (unpaired) electrons. The van der Waals surface area contributed by atoms with Gasteiger partial charge in [-0.25, -0.2) is 0 Å².